The maximum absolute atomic E-state index is 10.2. The topological polar surface area (TPSA) is 118 Å². The van der Waals surface area contributed by atoms with Crippen LogP contribution in [0, 0.1) is 5.92 Å². The lowest BCUT2D eigenvalue weighted by molar-refractivity contribution is -0.160. The normalized spacial score (nSPS) is 20.4. The molecule has 0 aliphatic rings. The average Bonchev–Trinajstić information content (AvgIpc) is 2.12. The van der Waals surface area contributed by atoms with Crippen LogP contribution < -0.4 is 0 Å². The van der Waals surface area contributed by atoms with Gasteiger partial charge in [-0.05, 0) is 0 Å². The fraction of sp³-hybridized carbons (Fsp3) is 0.857. The summed E-state index contributed by atoms with van der Waals surface area (Å²) in [4.78, 5) is 10.2. The fourth-order valence-electron chi connectivity index (χ4n) is 0.777. The Labute approximate surface area is 75.1 Å². The second-order valence-corrected chi connectivity index (χ2v) is 2.92. The summed E-state index contributed by atoms with van der Waals surface area (Å²) >= 11 is 0. The number of carboxylic acid groups (broad SMARTS) is 1. The van der Waals surface area contributed by atoms with Crippen molar-refractivity contribution in [2.75, 3.05) is 6.61 Å². The van der Waals surface area contributed by atoms with Crippen LogP contribution in [0.1, 0.15) is 6.92 Å². The lowest BCUT2D eigenvalue weighted by Gasteiger charge is -2.23. The van der Waals surface area contributed by atoms with Crippen LogP contribution in [-0.2, 0) is 4.79 Å². The third-order valence-electron chi connectivity index (χ3n) is 1.80. The second-order valence-electron chi connectivity index (χ2n) is 2.92. The molecule has 0 saturated carbocycles. The molecular formula is C7H14O6. The monoisotopic (exact) mass is 194 g/mol. The van der Waals surface area contributed by atoms with Gasteiger partial charge in [-0.1, -0.05) is 6.92 Å². The van der Waals surface area contributed by atoms with E-state index in [0.29, 0.717) is 0 Å². The zero-order valence-corrected chi connectivity index (χ0v) is 7.16. The van der Waals surface area contributed by atoms with Gasteiger partial charge >= 0.3 is 5.97 Å². The fourth-order valence-corrected chi connectivity index (χ4v) is 0.777. The number of carbonyl (C=O) groups is 1. The molecule has 78 valence electrons. The lowest BCUT2D eigenvalue weighted by atomic mass is 9.97. The minimum Gasteiger partial charge on any atom is -0.479 e. The zero-order chi connectivity index (χ0) is 10.6. The van der Waals surface area contributed by atoms with Crippen molar-refractivity contribution in [1.82, 2.24) is 0 Å². The van der Waals surface area contributed by atoms with E-state index in [9.17, 15) is 9.90 Å². The molecule has 0 amide bonds. The Morgan fingerprint density at radius 2 is 1.69 bits per heavy atom. The molecule has 6 heteroatoms. The number of hydrogen-bond donors (Lipinski definition) is 5. The number of aliphatic hydroxyl groups is 4. The van der Waals surface area contributed by atoms with Crippen molar-refractivity contribution < 1.29 is 30.3 Å². The van der Waals surface area contributed by atoms with E-state index in [1.807, 2.05) is 0 Å². The van der Waals surface area contributed by atoms with Gasteiger partial charge in [-0.3, -0.25) is 0 Å². The third kappa shape index (κ3) is 3.27. The highest BCUT2D eigenvalue weighted by molar-refractivity contribution is 5.72. The Hall–Kier alpha value is -0.690. The Balaban J connectivity index is 4.24. The van der Waals surface area contributed by atoms with Crippen LogP contribution in [0.3, 0.4) is 0 Å². The summed E-state index contributed by atoms with van der Waals surface area (Å²) in [6, 6.07) is 0. The van der Waals surface area contributed by atoms with Crippen LogP contribution in [-0.4, -0.2) is 56.4 Å². The van der Waals surface area contributed by atoms with Gasteiger partial charge in [0.05, 0.1) is 6.10 Å². The van der Waals surface area contributed by atoms with Crippen LogP contribution in [0.2, 0.25) is 0 Å². The van der Waals surface area contributed by atoms with Gasteiger partial charge in [0, 0.05) is 12.5 Å². The first-order valence-corrected chi connectivity index (χ1v) is 3.79. The first-order valence-electron chi connectivity index (χ1n) is 3.79. The molecule has 6 nitrogen and oxygen atoms in total. The van der Waals surface area contributed by atoms with E-state index in [4.69, 9.17) is 20.4 Å². The Kier molecular flexibility index (Phi) is 4.86. The highest BCUT2D eigenvalue weighted by Gasteiger charge is 2.32. The molecule has 0 radical (unpaired) electrons. The Bertz CT molecular complexity index is 170. The van der Waals surface area contributed by atoms with Crippen molar-refractivity contribution in [3.63, 3.8) is 0 Å². The first-order chi connectivity index (χ1) is 5.91. The Morgan fingerprint density at radius 3 is 2.00 bits per heavy atom. The summed E-state index contributed by atoms with van der Waals surface area (Å²) in [6.45, 7) is 1.02. The SMILES string of the molecule is C[C@H](CO)[C@@H](O)[C@H](O)[C@@H](O)C(=O)O. The van der Waals surface area contributed by atoms with Gasteiger partial charge in [0.25, 0.3) is 0 Å². The van der Waals surface area contributed by atoms with E-state index in [1.54, 1.807) is 0 Å². The van der Waals surface area contributed by atoms with Gasteiger partial charge in [-0.2, -0.15) is 0 Å². The van der Waals surface area contributed by atoms with Gasteiger partial charge in [0.2, 0.25) is 0 Å². The minimum atomic E-state index is -2.04. The maximum atomic E-state index is 10.2. The summed E-state index contributed by atoms with van der Waals surface area (Å²) in [5.74, 6) is -2.30. The molecule has 0 rings (SSSR count). The lowest BCUT2D eigenvalue weighted by Crippen LogP contribution is -2.45. The number of aliphatic hydroxyl groups excluding tert-OH is 4. The predicted octanol–water partition coefficient (Wildman–Crippen LogP) is -2.22. The summed E-state index contributed by atoms with van der Waals surface area (Å²) in [7, 11) is 0. The van der Waals surface area contributed by atoms with Crippen molar-refractivity contribution >= 4 is 5.97 Å². The number of carboxylic acids is 1. The molecule has 0 aromatic heterocycles. The van der Waals surface area contributed by atoms with Crippen LogP contribution in [0.5, 0.6) is 0 Å². The van der Waals surface area contributed by atoms with E-state index in [2.05, 4.69) is 0 Å². The average molecular weight is 194 g/mol. The van der Waals surface area contributed by atoms with E-state index in [-0.39, 0.29) is 0 Å². The highest BCUT2D eigenvalue weighted by Crippen LogP contribution is 2.09. The van der Waals surface area contributed by atoms with Crippen LogP contribution in [0.15, 0.2) is 0 Å². The molecule has 0 heterocycles. The van der Waals surface area contributed by atoms with E-state index < -0.39 is 36.8 Å². The number of aliphatic carboxylic acids is 1. The van der Waals surface area contributed by atoms with E-state index in [0.717, 1.165) is 0 Å². The molecule has 13 heavy (non-hydrogen) atoms. The molecule has 0 aromatic carbocycles. The van der Waals surface area contributed by atoms with Crippen molar-refractivity contribution in [2.45, 2.75) is 25.2 Å². The van der Waals surface area contributed by atoms with Crippen LogP contribution in [0.4, 0.5) is 0 Å². The van der Waals surface area contributed by atoms with E-state index >= 15 is 0 Å². The van der Waals surface area contributed by atoms with Crippen molar-refractivity contribution in [3.8, 4) is 0 Å². The van der Waals surface area contributed by atoms with E-state index in [1.165, 1.54) is 6.92 Å². The molecule has 0 aromatic rings. The van der Waals surface area contributed by atoms with Gasteiger partial charge in [-0.15, -0.1) is 0 Å². The number of hydrogen-bond acceptors (Lipinski definition) is 5. The maximum Gasteiger partial charge on any atom is 0.335 e. The predicted molar refractivity (Wildman–Crippen MR) is 41.9 cm³/mol. The van der Waals surface area contributed by atoms with Gasteiger partial charge in [-0.25, -0.2) is 4.79 Å². The Morgan fingerprint density at radius 1 is 1.23 bits per heavy atom. The first kappa shape index (κ1) is 12.3. The minimum absolute atomic E-state index is 0.398. The van der Waals surface area contributed by atoms with Gasteiger partial charge < -0.3 is 25.5 Å². The molecule has 5 N–H and O–H groups in total. The second kappa shape index (κ2) is 5.13. The largest absolute Gasteiger partial charge is 0.479 e. The molecule has 0 aliphatic carbocycles. The molecule has 4 atom stereocenters. The standard InChI is InChI=1S/C7H14O6/c1-3(2-8)4(9)5(10)6(11)7(12)13/h3-6,8-11H,2H2,1H3,(H,12,13)/t3-,4-,5+,6-/m1/s1. The highest BCUT2D eigenvalue weighted by atomic mass is 16.4. The molecule has 0 unspecified atom stereocenters. The summed E-state index contributed by atoms with van der Waals surface area (Å²) in [5, 5.41) is 43.9. The summed E-state index contributed by atoms with van der Waals surface area (Å²) < 4.78 is 0. The molecule has 0 spiro atoms. The zero-order valence-electron chi connectivity index (χ0n) is 7.16. The van der Waals surface area contributed by atoms with Crippen LogP contribution in [0.25, 0.3) is 0 Å². The quantitative estimate of drug-likeness (QED) is 0.338. The molecule has 0 aliphatic heterocycles. The molecular weight excluding hydrogens is 180 g/mol. The summed E-state index contributed by atoms with van der Waals surface area (Å²) in [5.41, 5.74) is 0. The van der Waals surface area contributed by atoms with Gasteiger partial charge in [0.15, 0.2) is 6.10 Å². The third-order valence-corrected chi connectivity index (χ3v) is 1.80. The van der Waals surface area contributed by atoms with Crippen molar-refractivity contribution in [3.05, 3.63) is 0 Å². The summed E-state index contributed by atoms with van der Waals surface area (Å²) in [6.07, 6.45) is -5.29. The van der Waals surface area contributed by atoms with Gasteiger partial charge in [0.1, 0.15) is 6.10 Å². The number of rotatable bonds is 5. The van der Waals surface area contributed by atoms with Crippen molar-refractivity contribution in [2.24, 2.45) is 5.92 Å². The molecule has 0 fully saturated rings. The smallest absolute Gasteiger partial charge is 0.335 e. The molecule has 0 saturated heterocycles. The van der Waals surface area contributed by atoms with Crippen molar-refractivity contribution in [1.29, 1.82) is 0 Å². The van der Waals surface area contributed by atoms with Crippen LogP contribution >= 0.6 is 0 Å². The molecule has 0 bridgehead atoms.